The molecule has 0 atom stereocenters. The molecule has 3 N–H and O–H groups in total. The van der Waals surface area contributed by atoms with Crippen LogP contribution in [0.5, 0.6) is 5.75 Å². The fourth-order valence-electron chi connectivity index (χ4n) is 2.86. The average molecular weight is 433 g/mol. The number of nitrogens with one attached hydrogen (secondary N) is 2. The van der Waals surface area contributed by atoms with Gasteiger partial charge in [0, 0.05) is 10.9 Å². The summed E-state index contributed by atoms with van der Waals surface area (Å²) in [5, 5.41) is 16.8. The maximum Gasteiger partial charge on any atom is 0.229 e. The average Bonchev–Trinajstić information content (AvgIpc) is 2.70. The predicted molar refractivity (Wildman–Crippen MR) is 118 cm³/mol. The zero-order valence-electron chi connectivity index (χ0n) is 16.3. The number of halogens is 1. The number of para-hydroxylation sites is 2. The molecule has 0 aliphatic rings. The van der Waals surface area contributed by atoms with Gasteiger partial charge in [-0.15, -0.1) is 0 Å². The van der Waals surface area contributed by atoms with Crippen LogP contribution in [0.1, 0.15) is 5.56 Å². The van der Waals surface area contributed by atoms with Crippen molar-refractivity contribution in [1.29, 1.82) is 0 Å². The van der Waals surface area contributed by atoms with E-state index in [2.05, 4.69) is 20.6 Å². The van der Waals surface area contributed by atoms with Crippen LogP contribution in [0.2, 0.25) is 5.02 Å². The van der Waals surface area contributed by atoms with Crippen molar-refractivity contribution in [3.8, 4) is 5.75 Å². The molecule has 3 aromatic rings. The topological polar surface area (TPSA) is 96.4 Å². The first kappa shape index (κ1) is 21.1. The smallest absolute Gasteiger partial charge is 0.229 e. The Morgan fingerprint density at radius 3 is 2.52 bits per heavy atom. The van der Waals surface area contributed by atoms with Crippen LogP contribution in [0.25, 0.3) is 0 Å². The van der Waals surface area contributed by atoms with Crippen molar-refractivity contribution in [3.05, 3.63) is 59.2 Å². The van der Waals surface area contributed by atoms with E-state index in [0.717, 1.165) is 0 Å². The van der Waals surface area contributed by atoms with Crippen LogP contribution >= 0.6 is 18.7 Å². The van der Waals surface area contributed by atoms with Crippen LogP contribution in [-0.4, -0.2) is 35.5 Å². The number of methoxy groups -OCH3 is 1. The van der Waals surface area contributed by atoms with E-state index in [1.807, 2.05) is 24.3 Å². The second kappa shape index (κ2) is 8.82. The summed E-state index contributed by atoms with van der Waals surface area (Å²) in [7, 11) is -0.971. The molecule has 29 heavy (non-hydrogen) atoms. The molecule has 1 heterocycles. The van der Waals surface area contributed by atoms with E-state index in [4.69, 9.17) is 16.3 Å². The van der Waals surface area contributed by atoms with Crippen molar-refractivity contribution < 1.29 is 14.4 Å². The Hall–Kier alpha value is -2.60. The fraction of sp³-hybridized carbons (Fsp3) is 0.200. The summed E-state index contributed by atoms with van der Waals surface area (Å²) in [4.78, 5) is 8.65. The van der Waals surface area contributed by atoms with E-state index in [0.29, 0.717) is 44.8 Å². The van der Waals surface area contributed by atoms with Gasteiger partial charge in [0.2, 0.25) is 5.95 Å². The third-order valence-corrected chi connectivity index (χ3v) is 6.03. The Bertz CT molecular complexity index is 1070. The molecule has 0 aliphatic heterocycles. The molecule has 7 nitrogen and oxygen atoms in total. The predicted octanol–water partition coefficient (Wildman–Crippen LogP) is 4.37. The summed E-state index contributed by atoms with van der Waals surface area (Å²) in [6.07, 6.45) is 1.47. The monoisotopic (exact) mass is 432 g/mol. The van der Waals surface area contributed by atoms with Gasteiger partial charge in [0.15, 0.2) is 5.82 Å². The van der Waals surface area contributed by atoms with Crippen LogP contribution in [0.3, 0.4) is 0 Å². The molecule has 1 aromatic heterocycles. The minimum atomic E-state index is -2.50. The van der Waals surface area contributed by atoms with E-state index in [1.165, 1.54) is 13.3 Å². The zero-order chi connectivity index (χ0) is 21.0. The molecular weight excluding hydrogens is 411 g/mol. The number of hydrogen-bond donors (Lipinski definition) is 3. The van der Waals surface area contributed by atoms with Crippen LogP contribution < -0.4 is 20.7 Å². The number of aliphatic hydroxyl groups excluding tert-OH is 1. The largest absolute Gasteiger partial charge is 0.494 e. The Kier molecular flexibility index (Phi) is 6.42. The van der Waals surface area contributed by atoms with Crippen molar-refractivity contribution in [3.63, 3.8) is 0 Å². The highest BCUT2D eigenvalue weighted by atomic mass is 35.5. The molecule has 3 rings (SSSR count). The molecule has 9 heteroatoms. The second-order valence-electron chi connectivity index (χ2n) is 6.66. The summed E-state index contributed by atoms with van der Waals surface area (Å²) in [6.45, 7) is 3.27. The first-order chi connectivity index (χ1) is 13.8. The fourth-order valence-corrected chi connectivity index (χ4v) is 4.15. The van der Waals surface area contributed by atoms with Gasteiger partial charge in [0.05, 0.1) is 31.3 Å². The maximum atomic E-state index is 12.6. The molecule has 0 unspecified atom stereocenters. The molecule has 0 saturated carbocycles. The van der Waals surface area contributed by atoms with Crippen molar-refractivity contribution in [2.45, 2.75) is 6.61 Å². The summed E-state index contributed by atoms with van der Waals surface area (Å²) >= 11 is 6.28. The van der Waals surface area contributed by atoms with Gasteiger partial charge >= 0.3 is 0 Å². The molecule has 0 amide bonds. The van der Waals surface area contributed by atoms with E-state index >= 15 is 0 Å². The molecule has 0 bridgehead atoms. The number of anilines is 4. The second-order valence-corrected chi connectivity index (χ2v) is 10.3. The first-order valence-electron chi connectivity index (χ1n) is 8.81. The Morgan fingerprint density at radius 1 is 1.10 bits per heavy atom. The van der Waals surface area contributed by atoms with Gasteiger partial charge in [-0.25, -0.2) is 4.98 Å². The van der Waals surface area contributed by atoms with Gasteiger partial charge in [0.25, 0.3) is 0 Å². The molecule has 0 spiro atoms. The number of aromatic nitrogens is 2. The van der Waals surface area contributed by atoms with E-state index < -0.39 is 7.14 Å². The number of aliphatic hydroxyl groups is 1. The summed E-state index contributed by atoms with van der Waals surface area (Å²) < 4.78 is 18.0. The Labute approximate surface area is 174 Å². The van der Waals surface area contributed by atoms with Crippen LogP contribution in [-0.2, 0) is 11.2 Å². The lowest BCUT2D eigenvalue weighted by Gasteiger charge is -2.16. The van der Waals surface area contributed by atoms with Gasteiger partial charge in [-0.2, -0.15) is 4.98 Å². The quantitative estimate of drug-likeness (QED) is 0.477. The third-order valence-electron chi connectivity index (χ3n) is 4.20. The number of rotatable bonds is 7. The minimum Gasteiger partial charge on any atom is -0.494 e. The highest BCUT2D eigenvalue weighted by molar-refractivity contribution is 7.70. The third kappa shape index (κ3) is 4.88. The SMILES string of the molecule is COc1c(CO)cccc1Nc1ncc(Cl)c(Nc2ccccc2P(C)(C)=O)n1. The highest BCUT2D eigenvalue weighted by Gasteiger charge is 2.17. The molecule has 0 aliphatic carbocycles. The standard InChI is InChI=1S/C20H22ClN4O3P/c1-28-18-13(12-26)7-6-9-16(18)24-20-22-11-14(21)19(25-20)23-15-8-4-5-10-17(15)29(2,3)27/h4-11,26H,12H2,1-3H3,(H2,22,23,24,25). The number of hydrogen-bond acceptors (Lipinski definition) is 7. The Morgan fingerprint density at radius 2 is 1.83 bits per heavy atom. The minimum absolute atomic E-state index is 0.155. The Balaban J connectivity index is 1.94. The van der Waals surface area contributed by atoms with E-state index in [-0.39, 0.29) is 6.61 Å². The lowest BCUT2D eigenvalue weighted by atomic mass is 10.2. The van der Waals surface area contributed by atoms with Crippen LogP contribution in [0, 0.1) is 0 Å². The summed E-state index contributed by atoms with van der Waals surface area (Å²) in [6, 6.07) is 12.7. The van der Waals surface area contributed by atoms with Gasteiger partial charge < -0.3 is 25.0 Å². The number of nitrogens with zero attached hydrogens (tertiary/aromatic N) is 2. The normalized spacial score (nSPS) is 11.2. The van der Waals surface area contributed by atoms with Gasteiger partial charge in [-0.1, -0.05) is 35.9 Å². The highest BCUT2D eigenvalue weighted by Crippen LogP contribution is 2.39. The number of benzene rings is 2. The molecule has 2 aromatic carbocycles. The van der Waals surface area contributed by atoms with Crippen molar-refractivity contribution in [2.24, 2.45) is 0 Å². The molecule has 0 saturated heterocycles. The summed E-state index contributed by atoms with van der Waals surface area (Å²) in [5.41, 5.74) is 1.92. The zero-order valence-corrected chi connectivity index (χ0v) is 18.0. The van der Waals surface area contributed by atoms with E-state index in [9.17, 15) is 9.67 Å². The molecule has 152 valence electrons. The van der Waals surface area contributed by atoms with Gasteiger partial charge in [-0.05, 0) is 31.5 Å². The van der Waals surface area contributed by atoms with Crippen molar-refractivity contribution in [1.82, 2.24) is 9.97 Å². The lowest BCUT2D eigenvalue weighted by molar-refractivity contribution is 0.274. The number of ether oxygens (including phenoxy) is 1. The van der Waals surface area contributed by atoms with Crippen LogP contribution in [0.15, 0.2) is 48.7 Å². The lowest BCUT2D eigenvalue weighted by Crippen LogP contribution is -2.11. The van der Waals surface area contributed by atoms with Crippen molar-refractivity contribution in [2.75, 3.05) is 31.1 Å². The molecule has 0 fully saturated rings. The van der Waals surface area contributed by atoms with Crippen LogP contribution in [0.4, 0.5) is 23.1 Å². The van der Waals surface area contributed by atoms with E-state index in [1.54, 1.807) is 31.5 Å². The van der Waals surface area contributed by atoms with Gasteiger partial charge in [-0.3, -0.25) is 0 Å². The van der Waals surface area contributed by atoms with Gasteiger partial charge in [0.1, 0.15) is 17.9 Å². The first-order valence-corrected chi connectivity index (χ1v) is 11.8. The summed E-state index contributed by atoms with van der Waals surface area (Å²) in [5.74, 6) is 1.17. The maximum absolute atomic E-state index is 12.6. The van der Waals surface area contributed by atoms with Crippen molar-refractivity contribution >= 4 is 47.2 Å². The molecular formula is C20H22ClN4O3P. The molecule has 0 radical (unpaired) electrons.